The van der Waals surface area contributed by atoms with Crippen molar-refractivity contribution < 1.29 is 9.53 Å². The van der Waals surface area contributed by atoms with E-state index in [1.807, 2.05) is 38.1 Å². The zero-order chi connectivity index (χ0) is 17.7. The second-order valence-corrected chi connectivity index (χ2v) is 6.95. The van der Waals surface area contributed by atoms with Gasteiger partial charge in [-0.05, 0) is 52.8 Å². The van der Waals surface area contributed by atoms with Crippen molar-refractivity contribution in [3.63, 3.8) is 0 Å². The van der Waals surface area contributed by atoms with Gasteiger partial charge in [0.15, 0.2) is 0 Å². The van der Waals surface area contributed by atoms with Crippen molar-refractivity contribution in [1.82, 2.24) is 4.98 Å². The number of benzene rings is 1. The fourth-order valence-electron chi connectivity index (χ4n) is 2.19. The lowest BCUT2D eigenvalue weighted by molar-refractivity contribution is 0.102. The lowest BCUT2D eigenvalue weighted by Crippen LogP contribution is -2.26. The largest absolute Gasteiger partial charge is 0.489 e. The third kappa shape index (κ3) is 5.26. The molecular weight excluding hydrogens is 302 g/mol. The Labute approximate surface area is 143 Å². The van der Waals surface area contributed by atoms with Crippen LogP contribution in [0.3, 0.4) is 0 Å². The molecule has 1 amide bonds. The van der Waals surface area contributed by atoms with Crippen LogP contribution in [-0.2, 0) is 0 Å². The molecule has 5 nitrogen and oxygen atoms in total. The number of nitrogens with zero attached hydrogens (tertiary/aromatic N) is 1. The number of carbonyl (C=O) groups is 1. The molecule has 2 aromatic rings. The van der Waals surface area contributed by atoms with Gasteiger partial charge in [-0.25, -0.2) is 0 Å². The van der Waals surface area contributed by atoms with Gasteiger partial charge in [-0.15, -0.1) is 0 Å². The first-order valence-electron chi connectivity index (χ1n) is 8.05. The molecule has 2 rings (SSSR count). The fraction of sp³-hybridized carbons (Fsp3) is 0.368. The first-order valence-corrected chi connectivity index (χ1v) is 8.05. The average molecular weight is 327 g/mol. The molecule has 0 aliphatic heterocycles. The Morgan fingerprint density at radius 2 is 1.88 bits per heavy atom. The van der Waals surface area contributed by atoms with Gasteiger partial charge in [0.1, 0.15) is 5.75 Å². The molecule has 24 heavy (non-hydrogen) atoms. The lowest BCUT2D eigenvalue weighted by atomic mass is 10.1. The molecule has 0 atom stereocenters. The number of pyridine rings is 1. The summed E-state index contributed by atoms with van der Waals surface area (Å²) in [6, 6.07) is 9.19. The first kappa shape index (κ1) is 17.8. The van der Waals surface area contributed by atoms with Crippen LogP contribution >= 0.6 is 0 Å². The van der Waals surface area contributed by atoms with Crippen molar-refractivity contribution in [2.75, 3.05) is 10.6 Å². The maximum atomic E-state index is 12.5. The molecule has 5 heteroatoms. The van der Waals surface area contributed by atoms with E-state index in [9.17, 15) is 4.79 Å². The van der Waals surface area contributed by atoms with Crippen molar-refractivity contribution in [1.29, 1.82) is 0 Å². The molecule has 2 N–H and O–H groups in total. The number of nitrogens with one attached hydrogen (secondary N) is 2. The van der Waals surface area contributed by atoms with Crippen molar-refractivity contribution in [3.8, 4) is 5.75 Å². The lowest BCUT2D eigenvalue weighted by Gasteiger charge is -2.22. The third-order valence-corrected chi connectivity index (χ3v) is 3.02. The Morgan fingerprint density at radius 3 is 2.54 bits per heavy atom. The summed E-state index contributed by atoms with van der Waals surface area (Å²) in [4.78, 5) is 16.7. The quantitative estimate of drug-likeness (QED) is 0.858. The highest BCUT2D eigenvalue weighted by atomic mass is 16.5. The van der Waals surface area contributed by atoms with Crippen LogP contribution < -0.4 is 15.4 Å². The summed E-state index contributed by atoms with van der Waals surface area (Å²) in [7, 11) is 0. The number of rotatable bonds is 5. The number of ether oxygens (including phenoxy) is 1. The van der Waals surface area contributed by atoms with Crippen molar-refractivity contribution in [3.05, 3.63) is 48.3 Å². The number of para-hydroxylation sites is 2. The molecule has 0 radical (unpaired) electrons. The number of amides is 1. The second-order valence-electron chi connectivity index (χ2n) is 6.95. The van der Waals surface area contributed by atoms with Crippen LogP contribution in [0.25, 0.3) is 0 Å². The van der Waals surface area contributed by atoms with E-state index < -0.39 is 0 Å². The maximum absolute atomic E-state index is 12.5. The summed E-state index contributed by atoms with van der Waals surface area (Å²) < 4.78 is 5.73. The Balaban J connectivity index is 2.17. The fourth-order valence-corrected chi connectivity index (χ4v) is 2.19. The number of hydrogen-bond donors (Lipinski definition) is 2. The highest BCUT2D eigenvalue weighted by Gasteiger charge is 2.14. The van der Waals surface area contributed by atoms with Gasteiger partial charge >= 0.3 is 0 Å². The van der Waals surface area contributed by atoms with E-state index in [-0.39, 0.29) is 17.6 Å². The zero-order valence-corrected chi connectivity index (χ0v) is 14.9. The molecule has 0 fully saturated rings. The number of anilines is 2. The molecule has 0 bridgehead atoms. The van der Waals surface area contributed by atoms with Crippen molar-refractivity contribution >= 4 is 17.3 Å². The van der Waals surface area contributed by atoms with E-state index in [1.165, 1.54) is 0 Å². The van der Waals surface area contributed by atoms with Gasteiger partial charge in [-0.2, -0.15) is 0 Å². The van der Waals surface area contributed by atoms with Crippen LogP contribution in [-0.4, -0.2) is 22.5 Å². The van der Waals surface area contributed by atoms with Crippen molar-refractivity contribution in [2.24, 2.45) is 0 Å². The van der Waals surface area contributed by atoms with Gasteiger partial charge < -0.3 is 15.4 Å². The maximum Gasteiger partial charge on any atom is 0.257 e. The minimum Gasteiger partial charge on any atom is -0.489 e. The number of carbonyl (C=O) groups excluding carboxylic acids is 1. The third-order valence-electron chi connectivity index (χ3n) is 3.02. The summed E-state index contributed by atoms with van der Waals surface area (Å²) in [5, 5.41) is 6.20. The highest BCUT2D eigenvalue weighted by Crippen LogP contribution is 2.25. The Kier molecular flexibility index (Phi) is 5.44. The minimum atomic E-state index is -0.222. The number of aromatic nitrogens is 1. The summed E-state index contributed by atoms with van der Waals surface area (Å²) in [6.45, 7) is 10.1. The van der Waals surface area contributed by atoms with E-state index in [1.54, 1.807) is 18.5 Å². The molecule has 1 aromatic carbocycles. The van der Waals surface area contributed by atoms with Crippen LogP contribution in [0.1, 0.15) is 45.0 Å². The molecule has 0 unspecified atom stereocenters. The van der Waals surface area contributed by atoms with E-state index in [4.69, 9.17) is 4.74 Å². The van der Waals surface area contributed by atoms with Crippen LogP contribution in [0.2, 0.25) is 0 Å². The van der Waals surface area contributed by atoms with Gasteiger partial charge in [0.2, 0.25) is 0 Å². The van der Waals surface area contributed by atoms with E-state index in [0.29, 0.717) is 17.0 Å². The summed E-state index contributed by atoms with van der Waals surface area (Å²) in [5.41, 5.74) is 1.84. The Hall–Kier alpha value is -2.56. The van der Waals surface area contributed by atoms with E-state index >= 15 is 0 Å². The molecule has 0 aliphatic carbocycles. The molecule has 0 aliphatic rings. The number of hydrogen-bond acceptors (Lipinski definition) is 4. The van der Waals surface area contributed by atoms with Crippen LogP contribution in [0.4, 0.5) is 11.4 Å². The standard InChI is InChI=1S/C19H25N3O2/c1-13(2)24-17-9-7-6-8-16(17)21-18(23)14-10-15(12-20-11-14)22-19(3,4)5/h6-13,22H,1-5H3,(H,21,23). The summed E-state index contributed by atoms with van der Waals surface area (Å²) in [6.07, 6.45) is 3.29. The Morgan fingerprint density at radius 1 is 1.17 bits per heavy atom. The van der Waals surface area contributed by atoms with E-state index in [0.717, 1.165) is 5.69 Å². The second kappa shape index (κ2) is 7.34. The predicted molar refractivity (Wildman–Crippen MR) is 97.8 cm³/mol. The molecule has 128 valence electrons. The monoisotopic (exact) mass is 327 g/mol. The molecule has 1 heterocycles. The normalized spacial score (nSPS) is 11.2. The van der Waals surface area contributed by atoms with Crippen LogP contribution in [0.15, 0.2) is 42.7 Å². The van der Waals surface area contributed by atoms with Crippen LogP contribution in [0.5, 0.6) is 5.75 Å². The molecule has 0 spiro atoms. The average Bonchev–Trinajstić information content (AvgIpc) is 2.47. The predicted octanol–water partition coefficient (Wildman–Crippen LogP) is 4.33. The van der Waals surface area contributed by atoms with Gasteiger partial charge in [0.25, 0.3) is 5.91 Å². The van der Waals surface area contributed by atoms with Gasteiger partial charge in [-0.3, -0.25) is 9.78 Å². The molecule has 0 saturated heterocycles. The summed E-state index contributed by atoms with van der Waals surface area (Å²) in [5.74, 6) is 0.428. The summed E-state index contributed by atoms with van der Waals surface area (Å²) >= 11 is 0. The molecular formula is C19H25N3O2. The SMILES string of the molecule is CC(C)Oc1ccccc1NC(=O)c1cncc(NC(C)(C)C)c1. The first-order chi connectivity index (χ1) is 11.2. The Bertz CT molecular complexity index is 706. The topological polar surface area (TPSA) is 63.2 Å². The van der Waals surface area contributed by atoms with Gasteiger partial charge in [-0.1, -0.05) is 12.1 Å². The highest BCUT2D eigenvalue weighted by molar-refractivity contribution is 6.05. The van der Waals surface area contributed by atoms with Crippen molar-refractivity contribution in [2.45, 2.75) is 46.3 Å². The smallest absolute Gasteiger partial charge is 0.257 e. The van der Waals surface area contributed by atoms with Gasteiger partial charge in [0, 0.05) is 17.9 Å². The molecule has 1 aromatic heterocycles. The van der Waals surface area contributed by atoms with Gasteiger partial charge in [0.05, 0.1) is 23.0 Å². The van der Waals surface area contributed by atoms with Crippen LogP contribution in [0, 0.1) is 0 Å². The molecule has 0 saturated carbocycles. The minimum absolute atomic E-state index is 0.0315. The van der Waals surface area contributed by atoms with E-state index in [2.05, 4.69) is 36.4 Å². The zero-order valence-electron chi connectivity index (χ0n) is 14.9.